The molecule has 0 saturated carbocycles. The van der Waals surface area contributed by atoms with Crippen LogP contribution in [0.4, 0.5) is 13.2 Å². The van der Waals surface area contributed by atoms with Gasteiger partial charge in [-0.05, 0) is 11.6 Å². The summed E-state index contributed by atoms with van der Waals surface area (Å²) in [5.74, 6) is -0.433. The van der Waals surface area contributed by atoms with Crippen molar-refractivity contribution in [2.75, 3.05) is 13.7 Å². The lowest BCUT2D eigenvalue weighted by atomic mass is 10.2. The van der Waals surface area contributed by atoms with Crippen molar-refractivity contribution in [3.05, 3.63) is 29.5 Å². The molecule has 0 amide bonds. The van der Waals surface area contributed by atoms with Crippen LogP contribution < -0.4 is 10.5 Å². The van der Waals surface area contributed by atoms with E-state index in [2.05, 4.69) is 9.72 Å². The average Bonchev–Trinajstić information content (AvgIpc) is 2.24. The maximum absolute atomic E-state index is 12.6. The molecule has 0 radical (unpaired) electrons. The zero-order chi connectivity index (χ0) is 12.2. The first kappa shape index (κ1) is 12.5. The van der Waals surface area contributed by atoms with Crippen molar-refractivity contribution in [1.82, 2.24) is 4.98 Å². The standard InChI is InChI=1S/C10H11F3N2O/c1-16-9-8(10(11,12)13)5-7(6-15-9)3-2-4-14/h2-3,5-6H,4,14H2,1H3. The third kappa shape index (κ3) is 2.96. The monoisotopic (exact) mass is 232 g/mol. The van der Waals surface area contributed by atoms with Gasteiger partial charge in [-0.15, -0.1) is 0 Å². The van der Waals surface area contributed by atoms with Crippen molar-refractivity contribution in [1.29, 1.82) is 0 Å². The molecule has 88 valence electrons. The van der Waals surface area contributed by atoms with E-state index in [-0.39, 0.29) is 6.54 Å². The normalized spacial score (nSPS) is 12.1. The lowest BCUT2D eigenvalue weighted by Crippen LogP contribution is -2.09. The first-order chi connectivity index (χ1) is 7.49. The summed E-state index contributed by atoms with van der Waals surface area (Å²) in [6.07, 6.45) is -0.170. The van der Waals surface area contributed by atoms with E-state index >= 15 is 0 Å². The van der Waals surface area contributed by atoms with Gasteiger partial charge in [0.05, 0.1) is 7.11 Å². The van der Waals surface area contributed by atoms with E-state index in [1.807, 2.05) is 0 Å². The maximum Gasteiger partial charge on any atom is 0.421 e. The highest BCUT2D eigenvalue weighted by atomic mass is 19.4. The van der Waals surface area contributed by atoms with Crippen LogP contribution in [0.15, 0.2) is 18.3 Å². The molecule has 0 fully saturated rings. The first-order valence-electron chi connectivity index (χ1n) is 4.47. The quantitative estimate of drug-likeness (QED) is 0.867. The molecule has 0 bridgehead atoms. The van der Waals surface area contributed by atoms with Gasteiger partial charge in [0.25, 0.3) is 0 Å². The Labute approximate surface area is 90.7 Å². The number of methoxy groups -OCH3 is 1. The van der Waals surface area contributed by atoms with Gasteiger partial charge >= 0.3 is 6.18 Å². The Bertz CT molecular complexity index is 388. The highest BCUT2D eigenvalue weighted by molar-refractivity contribution is 5.51. The first-order valence-corrected chi connectivity index (χ1v) is 4.47. The molecule has 0 atom stereocenters. The van der Waals surface area contributed by atoms with E-state index in [1.165, 1.54) is 12.3 Å². The number of hydrogen-bond acceptors (Lipinski definition) is 3. The minimum Gasteiger partial charge on any atom is -0.481 e. The van der Waals surface area contributed by atoms with Crippen molar-refractivity contribution >= 4 is 6.08 Å². The molecule has 0 aliphatic heterocycles. The third-order valence-electron chi connectivity index (χ3n) is 1.82. The summed E-state index contributed by atoms with van der Waals surface area (Å²) in [5, 5.41) is 0. The fourth-order valence-corrected chi connectivity index (χ4v) is 1.13. The number of aromatic nitrogens is 1. The molecule has 1 rings (SSSR count). The molecule has 6 heteroatoms. The summed E-state index contributed by atoms with van der Waals surface area (Å²) in [4.78, 5) is 3.58. The number of ether oxygens (including phenoxy) is 1. The number of rotatable bonds is 3. The molecule has 0 aromatic carbocycles. The van der Waals surface area contributed by atoms with Crippen LogP contribution in [0.5, 0.6) is 5.88 Å². The average molecular weight is 232 g/mol. The van der Waals surface area contributed by atoms with Gasteiger partial charge in [0.15, 0.2) is 0 Å². The molecule has 1 aromatic heterocycles. The Kier molecular flexibility index (Phi) is 3.89. The Morgan fingerprint density at radius 2 is 2.19 bits per heavy atom. The minimum absolute atomic E-state index is 0.257. The molecule has 1 heterocycles. The second-order valence-corrected chi connectivity index (χ2v) is 2.96. The Morgan fingerprint density at radius 3 is 2.69 bits per heavy atom. The molecular formula is C10H11F3N2O. The third-order valence-corrected chi connectivity index (χ3v) is 1.82. The highest BCUT2D eigenvalue weighted by Crippen LogP contribution is 2.35. The summed E-state index contributed by atoms with van der Waals surface area (Å²) >= 11 is 0. The van der Waals surface area contributed by atoms with E-state index in [0.29, 0.717) is 5.56 Å². The Hall–Kier alpha value is -1.56. The molecule has 0 spiro atoms. The van der Waals surface area contributed by atoms with Crippen LogP contribution in [-0.2, 0) is 6.18 Å². The van der Waals surface area contributed by atoms with Gasteiger partial charge in [-0.1, -0.05) is 12.2 Å². The number of nitrogens with two attached hydrogens (primary N) is 1. The summed E-state index contributed by atoms with van der Waals surface area (Å²) in [6.45, 7) is 0.257. The van der Waals surface area contributed by atoms with Gasteiger partial charge in [-0.3, -0.25) is 0 Å². The van der Waals surface area contributed by atoms with Crippen LogP contribution in [-0.4, -0.2) is 18.6 Å². The molecule has 0 saturated heterocycles. The van der Waals surface area contributed by atoms with Gasteiger partial charge in [-0.25, -0.2) is 4.98 Å². The summed E-state index contributed by atoms with van der Waals surface area (Å²) < 4.78 is 42.3. The van der Waals surface area contributed by atoms with Crippen molar-refractivity contribution in [2.24, 2.45) is 5.73 Å². The summed E-state index contributed by atoms with van der Waals surface area (Å²) in [7, 11) is 1.15. The summed E-state index contributed by atoms with van der Waals surface area (Å²) in [5.41, 5.74) is 4.64. The Balaban J connectivity index is 3.16. The van der Waals surface area contributed by atoms with E-state index in [1.54, 1.807) is 6.08 Å². The van der Waals surface area contributed by atoms with Gasteiger partial charge in [0.1, 0.15) is 5.56 Å². The zero-order valence-electron chi connectivity index (χ0n) is 8.58. The molecule has 0 aliphatic rings. The number of alkyl halides is 3. The smallest absolute Gasteiger partial charge is 0.421 e. The largest absolute Gasteiger partial charge is 0.481 e. The second kappa shape index (κ2) is 4.98. The van der Waals surface area contributed by atoms with Gasteiger partial charge in [0.2, 0.25) is 5.88 Å². The van der Waals surface area contributed by atoms with Crippen LogP contribution in [0.3, 0.4) is 0 Å². The van der Waals surface area contributed by atoms with Crippen LogP contribution in [0, 0.1) is 0 Å². The van der Waals surface area contributed by atoms with Crippen LogP contribution in [0.1, 0.15) is 11.1 Å². The van der Waals surface area contributed by atoms with Crippen LogP contribution >= 0.6 is 0 Å². The van der Waals surface area contributed by atoms with E-state index in [0.717, 1.165) is 13.2 Å². The SMILES string of the molecule is COc1ncc(C=CCN)cc1C(F)(F)F. The van der Waals surface area contributed by atoms with Gasteiger partial charge < -0.3 is 10.5 Å². The van der Waals surface area contributed by atoms with Crippen molar-refractivity contribution < 1.29 is 17.9 Å². The van der Waals surface area contributed by atoms with Crippen LogP contribution in [0.2, 0.25) is 0 Å². The zero-order valence-corrected chi connectivity index (χ0v) is 8.58. The second-order valence-electron chi connectivity index (χ2n) is 2.96. The van der Waals surface area contributed by atoms with Crippen molar-refractivity contribution in [2.45, 2.75) is 6.18 Å². The van der Waals surface area contributed by atoms with E-state index in [4.69, 9.17) is 5.73 Å². The van der Waals surface area contributed by atoms with E-state index < -0.39 is 17.6 Å². The summed E-state index contributed by atoms with van der Waals surface area (Å²) in [6, 6.07) is 0.970. The highest BCUT2D eigenvalue weighted by Gasteiger charge is 2.35. The lowest BCUT2D eigenvalue weighted by molar-refractivity contribution is -0.139. The fourth-order valence-electron chi connectivity index (χ4n) is 1.13. The molecule has 1 aromatic rings. The number of nitrogens with zero attached hydrogens (tertiary/aromatic N) is 1. The van der Waals surface area contributed by atoms with Crippen molar-refractivity contribution in [3.8, 4) is 5.88 Å². The Morgan fingerprint density at radius 1 is 1.50 bits per heavy atom. The molecule has 2 N–H and O–H groups in total. The number of halogens is 3. The van der Waals surface area contributed by atoms with Gasteiger partial charge in [0, 0.05) is 12.7 Å². The predicted octanol–water partition coefficient (Wildman–Crippen LogP) is 2.08. The van der Waals surface area contributed by atoms with E-state index in [9.17, 15) is 13.2 Å². The molecular weight excluding hydrogens is 221 g/mol. The van der Waals surface area contributed by atoms with Gasteiger partial charge in [-0.2, -0.15) is 13.2 Å². The number of pyridine rings is 1. The molecule has 3 nitrogen and oxygen atoms in total. The fraction of sp³-hybridized carbons (Fsp3) is 0.300. The molecule has 0 aliphatic carbocycles. The maximum atomic E-state index is 12.6. The predicted molar refractivity (Wildman–Crippen MR) is 53.9 cm³/mol. The topological polar surface area (TPSA) is 48.1 Å². The molecule has 16 heavy (non-hydrogen) atoms. The lowest BCUT2D eigenvalue weighted by Gasteiger charge is -2.11. The van der Waals surface area contributed by atoms with Crippen LogP contribution in [0.25, 0.3) is 6.08 Å². The van der Waals surface area contributed by atoms with Crippen molar-refractivity contribution in [3.63, 3.8) is 0 Å². The minimum atomic E-state index is -4.48. The molecule has 0 unspecified atom stereocenters. The number of hydrogen-bond donors (Lipinski definition) is 1.